The van der Waals surface area contributed by atoms with E-state index in [0.29, 0.717) is 6.54 Å². The standard InChI is InChI=1S/C14H26N2O2/c1-11-4-6-16(9-11)10-13(17)15-12-5-7-18-14(2,3)8-12/h11-12H,4-10H2,1-3H3,(H,15,17)/t11-,12+/m1/s1. The van der Waals surface area contributed by atoms with Gasteiger partial charge in [-0.3, -0.25) is 9.69 Å². The fourth-order valence-electron chi connectivity index (χ4n) is 3.00. The van der Waals surface area contributed by atoms with Gasteiger partial charge < -0.3 is 10.1 Å². The summed E-state index contributed by atoms with van der Waals surface area (Å²) in [6, 6.07) is 0.279. The van der Waals surface area contributed by atoms with Gasteiger partial charge in [0.1, 0.15) is 0 Å². The lowest BCUT2D eigenvalue weighted by Gasteiger charge is -2.36. The summed E-state index contributed by atoms with van der Waals surface area (Å²) in [6.07, 6.45) is 3.07. The van der Waals surface area contributed by atoms with Crippen LogP contribution in [-0.4, -0.2) is 48.7 Å². The molecule has 1 amide bonds. The Hall–Kier alpha value is -0.610. The number of ether oxygens (including phenoxy) is 1. The van der Waals surface area contributed by atoms with Crippen LogP contribution in [0, 0.1) is 5.92 Å². The van der Waals surface area contributed by atoms with Crippen LogP contribution in [0.3, 0.4) is 0 Å². The van der Waals surface area contributed by atoms with Gasteiger partial charge in [-0.2, -0.15) is 0 Å². The van der Waals surface area contributed by atoms with Gasteiger partial charge in [0.05, 0.1) is 12.1 Å². The molecule has 0 aliphatic carbocycles. The van der Waals surface area contributed by atoms with Crippen LogP contribution in [0.4, 0.5) is 0 Å². The Bertz CT molecular complexity index is 304. The second-order valence-corrected chi connectivity index (χ2v) is 6.49. The van der Waals surface area contributed by atoms with Gasteiger partial charge in [-0.1, -0.05) is 6.92 Å². The highest BCUT2D eigenvalue weighted by atomic mass is 16.5. The fraction of sp³-hybridized carbons (Fsp3) is 0.929. The maximum absolute atomic E-state index is 12.0. The molecule has 4 heteroatoms. The van der Waals surface area contributed by atoms with Crippen molar-refractivity contribution >= 4 is 5.91 Å². The highest BCUT2D eigenvalue weighted by molar-refractivity contribution is 5.78. The van der Waals surface area contributed by atoms with E-state index < -0.39 is 0 Å². The number of carbonyl (C=O) groups excluding carboxylic acids is 1. The lowest BCUT2D eigenvalue weighted by atomic mass is 9.94. The average Bonchev–Trinajstić information content (AvgIpc) is 2.62. The molecule has 18 heavy (non-hydrogen) atoms. The molecule has 2 aliphatic rings. The summed E-state index contributed by atoms with van der Waals surface area (Å²) >= 11 is 0. The third-order valence-corrected chi connectivity index (χ3v) is 3.94. The summed E-state index contributed by atoms with van der Waals surface area (Å²) in [6.45, 7) is 9.86. The topological polar surface area (TPSA) is 41.6 Å². The second kappa shape index (κ2) is 5.57. The van der Waals surface area contributed by atoms with Crippen molar-refractivity contribution in [2.75, 3.05) is 26.2 Å². The predicted octanol–water partition coefficient (Wildman–Crippen LogP) is 1.40. The Kier molecular flexibility index (Phi) is 4.28. The van der Waals surface area contributed by atoms with Crippen LogP contribution in [-0.2, 0) is 9.53 Å². The van der Waals surface area contributed by atoms with Gasteiger partial charge in [0.2, 0.25) is 5.91 Å². The number of hydrogen-bond acceptors (Lipinski definition) is 3. The normalized spacial score (nSPS) is 32.4. The summed E-state index contributed by atoms with van der Waals surface area (Å²) in [5, 5.41) is 3.16. The highest BCUT2D eigenvalue weighted by Crippen LogP contribution is 2.23. The number of rotatable bonds is 3. The van der Waals surface area contributed by atoms with E-state index in [4.69, 9.17) is 4.74 Å². The monoisotopic (exact) mass is 254 g/mol. The molecule has 0 radical (unpaired) electrons. The van der Waals surface area contributed by atoms with Crippen molar-refractivity contribution < 1.29 is 9.53 Å². The maximum Gasteiger partial charge on any atom is 0.234 e. The van der Waals surface area contributed by atoms with Gasteiger partial charge in [-0.15, -0.1) is 0 Å². The lowest BCUT2D eigenvalue weighted by Crippen LogP contribution is -2.48. The van der Waals surface area contributed by atoms with Crippen molar-refractivity contribution in [1.29, 1.82) is 0 Å². The summed E-state index contributed by atoms with van der Waals surface area (Å²) in [5.74, 6) is 0.909. The van der Waals surface area contributed by atoms with Crippen LogP contribution in [0.5, 0.6) is 0 Å². The zero-order chi connectivity index (χ0) is 13.2. The minimum absolute atomic E-state index is 0.0989. The number of amides is 1. The van der Waals surface area contributed by atoms with Gasteiger partial charge in [0, 0.05) is 19.2 Å². The number of nitrogens with zero attached hydrogens (tertiary/aromatic N) is 1. The van der Waals surface area contributed by atoms with Crippen LogP contribution >= 0.6 is 0 Å². The Balaban J connectivity index is 1.74. The van der Waals surface area contributed by atoms with E-state index in [9.17, 15) is 4.79 Å². The summed E-state index contributed by atoms with van der Waals surface area (Å²) in [5.41, 5.74) is -0.0989. The minimum Gasteiger partial charge on any atom is -0.375 e. The van der Waals surface area contributed by atoms with Gasteiger partial charge in [-0.25, -0.2) is 0 Å². The van der Waals surface area contributed by atoms with E-state index in [1.165, 1.54) is 6.42 Å². The number of likely N-dealkylation sites (tertiary alicyclic amines) is 1. The van der Waals surface area contributed by atoms with Gasteiger partial charge in [0.25, 0.3) is 0 Å². The zero-order valence-electron chi connectivity index (χ0n) is 11.9. The molecule has 0 bridgehead atoms. The summed E-state index contributed by atoms with van der Waals surface area (Å²) in [7, 11) is 0. The molecule has 2 fully saturated rings. The first-order valence-electron chi connectivity index (χ1n) is 7.10. The lowest BCUT2D eigenvalue weighted by molar-refractivity contribution is -0.125. The van der Waals surface area contributed by atoms with Crippen molar-refractivity contribution in [2.24, 2.45) is 5.92 Å². The zero-order valence-corrected chi connectivity index (χ0v) is 11.9. The van der Waals surface area contributed by atoms with Gasteiger partial charge >= 0.3 is 0 Å². The van der Waals surface area contributed by atoms with Crippen molar-refractivity contribution in [3.8, 4) is 0 Å². The maximum atomic E-state index is 12.0. The fourth-order valence-corrected chi connectivity index (χ4v) is 3.00. The Morgan fingerprint density at radius 2 is 2.22 bits per heavy atom. The molecule has 1 N–H and O–H groups in total. The van der Waals surface area contributed by atoms with E-state index in [1.807, 2.05) is 0 Å². The van der Waals surface area contributed by atoms with Gasteiger partial charge in [0.15, 0.2) is 0 Å². The first kappa shape index (κ1) is 13.8. The van der Waals surface area contributed by atoms with E-state index >= 15 is 0 Å². The van der Waals surface area contributed by atoms with E-state index in [0.717, 1.165) is 38.5 Å². The Morgan fingerprint density at radius 1 is 1.44 bits per heavy atom. The van der Waals surface area contributed by atoms with Crippen LogP contribution < -0.4 is 5.32 Å². The molecule has 2 heterocycles. The molecule has 0 aromatic heterocycles. The molecule has 104 valence electrons. The predicted molar refractivity (Wildman–Crippen MR) is 71.4 cm³/mol. The van der Waals surface area contributed by atoms with Crippen LogP contribution in [0.15, 0.2) is 0 Å². The van der Waals surface area contributed by atoms with E-state index in [2.05, 4.69) is 31.0 Å². The molecule has 2 aliphatic heterocycles. The van der Waals surface area contributed by atoms with Crippen molar-refractivity contribution in [2.45, 2.75) is 51.7 Å². The van der Waals surface area contributed by atoms with E-state index in [-0.39, 0.29) is 17.6 Å². The third-order valence-electron chi connectivity index (χ3n) is 3.94. The van der Waals surface area contributed by atoms with Crippen molar-refractivity contribution in [1.82, 2.24) is 10.2 Å². The molecule has 0 spiro atoms. The average molecular weight is 254 g/mol. The van der Waals surface area contributed by atoms with Crippen LogP contribution in [0.2, 0.25) is 0 Å². The summed E-state index contributed by atoms with van der Waals surface area (Å²) < 4.78 is 5.66. The number of nitrogens with one attached hydrogen (secondary N) is 1. The molecule has 0 aromatic carbocycles. The largest absolute Gasteiger partial charge is 0.375 e. The van der Waals surface area contributed by atoms with Crippen LogP contribution in [0.25, 0.3) is 0 Å². The first-order chi connectivity index (χ1) is 8.44. The molecule has 2 atom stereocenters. The minimum atomic E-state index is -0.0989. The Labute approximate surface area is 110 Å². The van der Waals surface area contributed by atoms with E-state index in [1.54, 1.807) is 0 Å². The van der Waals surface area contributed by atoms with Gasteiger partial charge in [-0.05, 0) is 45.6 Å². The smallest absolute Gasteiger partial charge is 0.234 e. The molecule has 2 rings (SSSR count). The number of hydrogen-bond donors (Lipinski definition) is 1. The van der Waals surface area contributed by atoms with Crippen molar-refractivity contribution in [3.63, 3.8) is 0 Å². The highest BCUT2D eigenvalue weighted by Gasteiger charge is 2.30. The quantitative estimate of drug-likeness (QED) is 0.828. The molecule has 0 aromatic rings. The molecular weight excluding hydrogens is 228 g/mol. The first-order valence-corrected chi connectivity index (χ1v) is 7.10. The Morgan fingerprint density at radius 3 is 2.83 bits per heavy atom. The summed E-state index contributed by atoms with van der Waals surface area (Å²) in [4.78, 5) is 14.2. The molecule has 2 saturated heterocycles. The SMILES string of the molecule is C[C@@H]1CCN(CC(=O)N[C@H]2CCOC(C)(C)C2)C1. The number of carbonyl (C=O) groups is 1. The van der Waals surface area contributed by atoms with Crippen molar-refractivity contribution in [3.05, 3.63) is 0 Å². The third kappa shape index (κ3) is 3.95. The molecular formula is C14H26N2O2. The van der Waals surface area contributed by atoms with Crippen LogP contribution in [0.1, 0.15) is 40.0 Å². The molecule has 4 nitrogen and oxygen atoms in total. The molecule has 0 unspecified atom stereocenters. The second-order valence-electron chi connectivity index (χ2n) is 6.49. The molecule has 0 saturated carbocycles.